The van der Waals surface area contributed by atoms with E-state index in [1.807, 2.05) is 49.4 Å². The Morgan fingerprint density at radius 1 is 1.13 bits per heavy atom. The number of halogens is 1. The lowest BCUT2D eigenvalue weighted by molar-refractivity contribution is 0.310. The largest absolute Gasteiger partial charge is 0.493 e. The lowest BCUT2D eigenvalue weighted by Crippen LogP contribution is -2.27. The van der Waals surface area contributed by atoms with Gasteiger partial charge in [-0.15, -0.1) is 0 Å². The highest BCUT2D eigenvalue weighted by Gasteiger charge is 2.06. The monoisotopic (exact) mass is 350 g/mol. The number of hydrogen-bond acceptors (Lipinski definition) is 3. The van der Waals surface area contributed by atoms with Gasteiger partial charge >= 0.3 is 0 Å². The molecule has 2 rings (SSSR count). The van der Waals surface area contributed by atoms with Crippen molar-refractivity contribution in [3.8, 4) is 11.5 Å². The second kappa shape index (κ2) is 8.60. The minimum absolute atomic E-state index is 0.543. The van der Waals surface area contributed by atoms with Crippen LogP contribution in [0.3, 0.4) is 0 Å². The van der Waals surface area contributed by atoms with Crippen molar-refractivity contribution in [3.63, 3.8) is 0 Å². The van der Waals surface area contributed by atoms with E-state index in [0.29, 0.717) is 23.3 Å². The highest BCUT2D eigenvalue weighted by molar-refractivity contribution is 7.80. The van der Waals surface area contributed by atoms with Gasteiger partial charge < -0.3 is 20.1 Å². The average molecular weight is 351 g/mol. The van der Waals surface area contributed by atoms with Gasteiger partial charge in [0, 0.05) is 17.3 Å². The first kappa shape index (κ1) is 17.4. The summed E-state index contributed by atoms with van der Waals surface area (Å²) in [5.41, 5.74) is 1.94. The number of ether oxygens (including phenoxy) is 2. The fourth-order valence-electron chi connectivity index (χ4n) is 1.99. The quantitative estimate of drug-likeness (QED) is 0.763. The number of thiocarbonyl (C=S) groups is 1. The van der Waals surface area contributed by atoms with E-state index >= 15 is 0 Å². The van der Waals surface area contributed by atoms with E-state index in [1.165, 1.54) is 0 Å². The van der Waals surface area contributed by atoms with Crippen LogP contribution >= 0.6 is 23.8 Å². The first-order chi connectivity index (χ1) is 11.1. The number of nitrogens with one attached hydrogen (secondary N) is 2. The van der Waals surface area contributed by atoms with Crippen molar-refractivity contribution in [1.29, 1.82) is 0 Å². The number of hydrogen-bond donors (Lipinski definition) is 2. The van der Waals surface area contributed by atoms with E-state index in [4.69, 9.17) is 33.3 Å². The molecule has 0 unspecified atom stereocenters. The van der Waals surface area contributed by atoms with Crippen LogP contribution in [0.5, 0.6) is 11.5 Å². The average Bonchev–Trinajstić information content (AvgIpc) is 2.56. The molecule has 0 saturated carbocycles. The van der Waals surface area contributed by atoms with E-state index in [9.17, 15) is 0 Å². The molecule has 23 heavy (non-hydrogen) atoms. The molecule has 2 N–H and O–H groups in total. The molecule has 0 aliphatic heterocycles. The topological polar surface area (TPSA) is 42.5 Å². The van der Waals surface area contributed by atoms with Gasteiger partial charge in [0.15, 0.2) is 16.6 Å². The Kier molecular flexibility index (Phi) is 6.50. The van der Waals surface area contributed by atoms with Gasteiger partial charge in [-0.05, 0) is 61.1 Å². The van der Waals surface area contributed by atoms with Gasteiger partial charge in [0.1, 0.15) is 0 Å². The fraction of sp³-hybridized carbons (Fsp3) is 0.235. The first-order valence-corrected chi connectivity index (χ1v) is 8.01. The van der Waals surface area contributed by atoms with Crippen LogP contribution in [0.2, 0.25) is 5.02 Å². The summed E-state index contributed by atoms with van der Waals surface area (Å²) >= 11 is 11.1. The van der Waals surface area contributed by atoms with Crippen LogP contribution in [0.4, 0.5) is 5.69 Å². The standard InChI is InChI=1S/C17H19ClN2O2S/c1-3-22-16-10-12(4-9-15(16)21-2)11-19-17(23)20-14-7-5-13(18)6-8-14/h4-10H,3,11H2,1-2H3,(H2,19,20,23). The lowest BCUT2D eigenvalue weighted by atomic mass is 10.2. The number of methoxy groups -OCH3 is 1. The molecule has 2 aromatic rings. The molecule has 0 atom stereocenters. The number of anilines is 1. The third-order valence-electron chi connectivity index (χ3n) is 3.08. The molecule has 122 valence electrons. The molecule has 0 aromatic heterocycles. The summed E-state index contributed by atoms with van der Waals surface area (Å²) in [5.74, 6) is 1.45. The van der Waals surface area contributed by atoms with Gasteiger partial charge in [-0.25, -0.2) is 0 Å². The summed E-state index contributed by atoms with van der Waals surface area (Å²) in [6.45, 7) is 3.11. The molecule has 0 amide bonds. The van der Waals surface area contributed by atoms with Crippen molar-refractivity contribution in [2.75, 3.05) is 19.0 Å². The van der Waals surface area contributed by atoms with Gasteiger partial charge in [-0.1, -0.05) is 17.7 Å². The van der Waals surface area contributed by atoms with E-state index in [1.54, 1.807) is 7.11 Å². The predicted octanol–water partition coefficient (Wildman–Crippen LogP) is 4.23. The summed E-state index contributed by atoms with van der Waals surface area (Å²) in [4.78, 5) is 0. The molecule has 0 aliphatic rings. The molecule has 0 spiro atoms. The summed E-state index contributed by atoms with van der Waals surface area (Å²) in [6.07, 6.45) is 0. The minimum atomic E-state index is 0.543. The Morgan fingerprint density at radius 3 is 2.52 bits per heavy atom. The SMILES string of the molecule is CCOc1cc(CNC(=S)Nc2ccc(Cl)cc2)ccc1OC. The molecule has 0 bridgehead atoms. The summed E-state index contributed by atoms with van der Waals surface area (Å²) in [5, 5.41) is 7.50. The van der Waals surface area contributed by atoms with Gasteiger partial charge in [0.05, 0.1) is 13.7 Å². The third-order valence-corrected chi connectivity index (χ3v) is 3.58. The van der Waals surface area contributed by atoms with E-state index in [0.717, 1.165) is 22.7 Å². The Morgan fingerprint density at radius 2 is 1.87 bits per heavy atom. The van der Waals surface area contributed by atoms with Crippen LogP contribution in [0.15, 0.2) is 42.5 Å². The van der Waals surface area contributed by atoms with Gasteiger partial charge in [-0.3, -0.25) is 0 Å². The molecule has 6 heteroatoms. The van der Waals surface area contributed by atoms with Crippen molar-refractivity contribution >= 4 is 34.6 Å². The second-order valence-corrected chi connectivity index (χ2v) is 5.58. The van der Waals surface area contributed by atoms with Gasteiger partial charge in [0.25, 0.3) is 0 Å². The van der Waals surface area contributed by atoms with E-state index in [2.05, 4.69) is 10.6 Å². The van der Waals surface area contributed by atoms with Crippen LogP contribution in [0.25, 0.3) is 0 Å². The third kappa shape index (κ3) is 5.30. The second-order valence-electron chi connectivity index (χ2n) is 4.73. The van der Waals surface area contributed by atoms with Crippen LogP contribution in [-0.4, -0.2) is 18.8 Å². The normalized spacial score (nSPS) is 10.0. The lowest BCUT2D eigenvalue weighted by Gasteiger charge is -2.13. The Hall–Kier alpha value is -1.98. The van der Waals surface area contributed by atoms with Crippen molar-refractivity contribution in [2.24, 2.45) is 0 Å². The summed E-state index contributed by atoms with van der Waals surface area (Å²) in [7, 11) is 1.63. The molecular weight excluding hydrogens is 332 g/mol. The molecule has 0 heterocycles. The van der Waals surface area contributed by atoms with Crippen molar-refractivity contribution in [2.45, 2.75) is 13.5 Å². The highest BCUT2D eigenvalue weighted by Crippen LogP contribution is 2.28. The first-order valence-electron chi connectivity index (χ1n) is 7.22. The van der Waals surface area contributed by atoms with Crippen molar-refractivity contribution in [1.82, 2.24) is 5.32 Å². The maximum atomic E-state index is 5.86. The molecule has 0 saturated heterocycles. The minimum Gasteiger partial charge on any atom is -0.493 e. The Bertz CT molecular complexity index is 662. The number of benzene rings is 2. The summed E-state index contributed by atoms with van der Waals surface area (Å²) < 4.78 is 10.8. The Balaban J connectivity index is 1.93. The van der Waals surface area contributed by atoms with Crippen LogP contribution in [-0.2, 0) is 6.54 Å². The van der Waals surface area contributed by atoms with Gasteiger partial charge in [-0.2, -0.15) is 0 Å². The van der Waals surface area contributed by atoms with Crippen LogP contribution in [0, 0.1) is 0 Å². The van der Waals surface area contributed by atoms with Crippen molar-refractivity contribution in [3.05, 3.63) is 53.1 Å². The molecular formula is C17H19ClN2O2S. The predicted molar refractivity (Wildman–Crippen MR) is 98.7 cm³/mol. The maximum Gasteiger partial charge on any atom is 0.171 e. The maximum absolute atomic E-state index is 5.86. The van der Waals surface area contributed by atoms with Crippen LogP contribution in [0.1, 0.15) is 12.5 Å². The number of rotatable bonds is 6. The molecule has 2 aromatic carbocycles. The smallest absolute Gasteiger partial charge is 0.171 e. The highest BCUT2D eigenvalue weighted by atomic mass is 35.5. The zero-order valence-corrected chi connectivity index (χ0v) is 14.6. The molecule has 0 radical (unpaired) electrons. The Labute approximate surface area is 146 Å². The van der Waals surface area contributed by atoms with E-state index in [-0.39, 0.29) is 0 Å². The molecule has 0 fully saturated rings. The summed E-state index contributed by atoms with van der Waals surface area (Å²) in [6, 6.07) is 13.2. The van der Waals surface area contributed by atoms with Gasteiger partial charge in [0.2, 0.25) is 0 Å². The molecule has 0 aliphatic carbocycles. The molecule has 4 nitrogen and oxygen atoms in total. The van der Waals surface area contributed by atoms with E-state index < -0.39 is 0 Å². The zero-order valence-electron chi connectivity index (χ0n) is 13.1. The van der Waals surface area contributed by atoms with Crippen molar-refractivity contribution < 1.29 is 9.47 Å². The van der Waals surface area contributed by atoms with Crippen LogP contribution < -0.4 is 20.1 Å². The zero-order chi connectivity index (χ0) is 16.7. The fourth-order valence-corrected chi connectivity index (χ4v) is 2.31.